The van der Waals surface area contributed by atoms with Crippen molar-refractivity contribution in [2.75, 3.05) is 11.3 Å². The van der Waals surface area contributed by atoms with E-state index in [0.717, 1.165) is 0 Å². The summed E-state index contributed by atoms with van der Waals surface area (Å²) in [6.07, 6.45) is 1.62. The van der Waals surface area contributed by atoms with Crippen molar-refractivity contribution in [3.8, 4) is 11.8 Å². The third kappa shape index (κ3) is 3.84. The van der Waals surface area contributed by atoms with Gasteiger partial charge < -0.3 is 9.63 Å². The number of benzene rings is 1. The highest BCUT2D eigenvalue weighted by atomic mass is 32.2. The maximum absolute atomic E-state index is 12.3. The van der Waals surface area contributed by atoms with Crippen molar-refractivity contribution in [1.29, 1.82) is 0 Å². The molecule has 2 N–H and O–H groups in total. The summed E-state index contributed by atoms with van der Waals surface area (Å²) >= 11 is 0. The van der Waals surface area contributed by atoms with E-state index in [4.69, 9.17) is 5.11 Å². The van der Waals surface area contributed by atoms with Crippen LogP contribution in [0, 0.1) is 18.8 Å². The molecule has 0 spiro atoms. The average Bonchev–Trinajstić information content (AvgIpc) is 2.93. The Bertz CT molecular complexity index is 771. The van der Waals surface area contributed by atoms with Crippen molar-refractivity contribution >= 4 is 15.8 Å². The molecule has 0 unspecified atom stereocenters. The molecular weight excluding hydrogens is 292 g/mol. The van der Waals surface area contributed by atoms with Gasteiger partial charge in [0, 0.05) is 18.1 Å². The smallest absolute Gasteiger partial charge is 0.263 e. The predicted octanol–water partition coefficient (Wildman–Crippen LogP) is 1.52. The largest absolute Gasteiger partial charge is 0.395 e. The zero-order valence-electron chi connectivity index (χ0n) is 11.3. The van der Waals surface area contributed by atoms with Gasteiger partial charge in [-0.3, -0.25) is 4.72 Å². The molecule has 1 aromatic carbocycles. The van der Waals surface area contributed by atoms with Crippen molar-refractivity contribution in [3.63, 3.8) is 0 Å². The Labute approximate surface area is 122 Å². The molecule has 0 saturated carbocycles. The summed E-state index contributed by atoms with van der Waals surface area (Å²) in [5.41, 5.74) is 1.16. The number of anilines is 1. The van der Waals surface area contributed by atoms with Gasteiger partial charge >= 0.3 is 0 Å². The van der Waals surface area contributed by atoms with Gasteiger partial charge in [0.1, 0.15) is 6.26 Å². The molecule has 0 aliphatic rings. The van der Waals surface area contributed by atoms with E-state index in [1.807, 2.05) is 0 Å². The van der Waals surface area contributed by atoms with Gasteiger partial charge in [0.05, 0.1) is 11.5 Å². The zero-order valence-corrected chi connectivity index (χ0v) is 12.1. The maximum Gasteiger partial charge on any atom is 0.263 e. The zero-order chi connectivity index (χ0) is 15.3. The molecule has 0 saturated heterocycles. The van der Waals surface area contributed by atoms with E-state index in [1.54, 1.807) is 19.1 Å². The average molecular weight is 306 g/mol. The molecule has 0 amide bonds. The van der Waals surface area contributed by atoms with Gasteiger partial charge in [-0.2, -0.15) is 0 Å². The number of aliphatic hydroxyl groups excluding tert-OH is 1. The second-order valence-corrected chi connectivity index (χ2v) is 5.90. The molecule has 0 atom stereocenters. The van der Waals surface area contributed by atoms with Crippen LogP contribution in [-0.4, -0.2) is 25.3 Å². The van der Waals surface area contributed by atoms with Crippen LogP contribution >= 0.6 is 0 Å². The van der Waals surface area contributed by atoms with Crippen molar-refractivity contribution in [2.24, 2.45) is 0 Å². The van der Waals surface area contributed by atoms with Crippen LogP contribution < -0.4 is 4.72 Å². The molecular formula is C14H14N2O4S. The van der Waals surface area contributed by atoms with Gasteiger partial charge in [0.15, 0.2) is 5.82 Å². The Morgan fingerprint density at radius 2 is 2.19 bits per heavy atom. The number of hydrogen-bond donors (Lipinski definition) is 2. The van der Waals surface area contributed by atoms with E-state index in [0.29, 0.717) is 17.5 Å². The summed E-state index contributed by atoms with van der Waals surface area (Å²) in [6, 6.07) is 6.31. The number of nitrogens with one attached hydrogen (secondary N) is 1. The van der Waals surface area contributed by atoms with Crippen LogP contribution in [0.5, 0.6) is 0 Å². The van der Waals surface area contributed by atoms with Crippen LogP contribution in [0.1, 0.15) is 17.5 Å². The van der Waals surface area contributed by atoms with Crippen LogP contribution in [-0.2, 0) is 10.0 Å². The first kappa shape index (κ1) is 15.1. The number of nitrogens with zero attached hydrogens (tertiary/aromatic N) is 1. The van der Waals surface area contributed by atoms with Crippen molar-refractivity contribution in [1.82, 2.24) is 5.16 Å². The fourth-order valence-electron chi connectivity index (χ4n) is 1.65. The molecule has 0 aliphatic heterocycles. The highest BCUT2D eigenvalue weighted by Crippen LogP contribution is 2.19. The minimum absolute atomic E-state index is 0.0300. The first-order valence-electron chi connectivity index (χ1n) is 6.16. The first-order chi connectivity index (χ1) is 10.0. The van der Waals surface area contributed by atoms with E-state index >= 15 is 0 Å². The Balaban J connectivity index is 2.34. The number of aliphatic hydroxyl groups is 1. The lowest BCUT2D eigenvalue weighted by molar-refractivity contribution is 0.305. The number of aryl methyl sites for hydroxylation is 1. The van der Waals surface area contributed by atoms with Gasteiger partial charge in [-0.25, -0.2) is 8.42 Å². The third-order valence-corrected chi connectivity index (χ3v) is 4.12. The highest BCUT2D eigenvalue weighted by molar-refractivity contribution is 7.92. The first-order valence-corrected chi connectivity index (χ1v) is 7.65. The van der Waals surface area contributed by atoms with Crippen molar-refractivity contribution < 1.29 is 18.0 Å². The van der Waals surface area contributed by atoms with Crippen LogP contribution in [0.3, 0.4) is 0 Å². The van der Waals surface area contributed by atoms with Crippen LogP contribution in [0.4, 0.5) is 5.82 Å². The third-order valence-electron chi connectivity index (χ3n) is 2.62. The molecule has 1 heterocycles. The summed E-state index contributed by atoms with van der Waals surface area (Å²) in [6.45, 7) is 1.67. The second-order valence-electron chi connectivity index (χ2n) is 4.25. The Hall–Kier alpha value is -2.30. The summed E-state index contributed by atoms with van der Waals surface area (Å²) < 4.78 is 31.6. The lowest BCUT2D eigenvalue weighted by Gasteiger charge is -2.08. The van der Waals surface area contributed by atoms with Crippen LogP contribution in [0.25, 0.3) is 0 Å². The van der Waals surface area contributed by atoms with Gasteiger partial charge in [-0.1, -0.05) is 23.1 Å². The molecule has 7 heteroatoms. The summed E-state index contributed by atoms with van der Waals surface area (Å²) in [5.74, 6) is 5.68. The summed E-state index contributed by atoms with van der Waals surface area (Å²) in [4.78, 5) is 0.126. The molecule has 2 rings (SSSR count). The summed E-state index contributed by atoms with van der Waals surface area (Å²) in [5, 5.41) is 12.2. The van der Waals surface area contributed by atoms with E-state index in [9.17, 15) is 8.42 Å². The minimum Gasteiger partial charge on any atom is -0.395 e. The van der Waals surface area contributed by atoms with Crippen molar-refractivity contribution in [3.05, 3.63) is 41.7 Å². The lowest BCUT2D eigenvalue weighted by Crippen LogP contribution is -2.14. The normalized spacial score (nSPS) is 10.8. The lowest BCUT2D eigenvalue weighted by atomic mass is 10.1. The molecule has 1 aromatic heterocycles. The molecule has 21 heavy (non-hydrogen) atoms. The molecule has 0 fully saturated rings. The maximum atomic E-state index is 12.3. The second kappa shape index (κ2) is 6.43. The Morgan fingerprint density at radius 3 is 2.86 bits per heavy atom. The quantitative estimate of drug-likeness (QED) is 0.835. The monoisotopic (exact) mass is 306 g/mol. The molecule has 110 valence electrons. The van der Waals surface area contributed by atoms with Gasteiger partial charge in [-0.15, -0.1) is 0 Å². The number of sulfonamides is 1. The molecule has 0 bridgehead atoms. The SMILES string of the molecule is Cc1ccc(C#CCCO)cc1S(=O)(=O)Nc1ccon1. The summed E-state index contributed by atoms with van der Waals surface area (Å²) in [7, 11) is -3.76. The Morgan fingerprint density at radius 1 is 1.38 bits per heavy atom. The van der Waals surface area contributed by atoms with E-state index in [2.05, 4.69) is 26.2 Å². The number of aromatic nitrogens is 1. The standard InChI is InChI=1S/C14H14N2O4S/c1-11-5-6-12(4-2-3-8-17)10-13(11)21(18,19)16-14-7-9-20-15-14/h5-7,9-10,17H,3,8H2,1H3,(H,15,16). The Kier molecular flexibility index (Phi) is 4.62. The molecule has 0 aliphatic carbocycles. The van der Waals surface area contributed by atoms with E-state index < -0.39 is 10.0 Å². The van der Waals surface area contributed by atoms with E-state index in [-0.39, 0.29) is 17.3 Å². The molecule has 2 aromatic rings. The molecule has 6 nitrogen and oxygen atoms in total. The van der Waals surface area contributed by atoms with Crippen molar-refractivity contribution in [2.45, 2.75) is 18.2 Å². The number of rotatable bonds is 4. The molecule has 0 radical (unpaired) electrons. The van der Waals surface area contributed by atoms with Gasteiger partial charge in [-0.05, 0) is 24.6 Å². The van der Waals surface area contributed by atoms with Gasteiger partial charge in [0.2, 0.25) is 0 Å². The highest BCUT2D eigenvalue weighted by Gasteiger charge is 2.18. The topological polar surface area (TPSA) is 92.4 Å². The number of hydrogen-bond acceptors (Lipinski definition) is 5. The fourth-order valence-corrected chi connectivity index (χ4v) is 2.91. The van der Waals surface area contributed by atoms with E-state index in [1.165, 1.54) is 18.4 Å². The van der Waals surface area contributed by atoms with Crippen LogP contribution in [0.15, 0.2) is 39.9 Å². The predicted molar refractivity (Wildman–Crippen MR) is 77.1 cm³/mol. The van der Waals surface area contributed by atoms with Crippen LogP contribution in [0.2, 0.25) is 0 Å². The fraction of sp³-hybridized carbons (Fsp3) is 0.214. The van der Waals surface area contributed by atoms with Gasteiger partial charge in [0.25, 0.3) is 10.0 Å². The minimum atomic E-state index is -3.76.